The Balaban J connectivity index is 1.79. The summed E-state index contributed by atoms with van der Waals surface area (Å²) in [5.41, 5.74) is 2.34. The van der Waals surface area contributed by atoms with Crippen LogP contribution in [0, 0.1) is 6.92 Å². The van der Waals surface area contributed by atoms with Gasteiger partial charge in [-0.1, -0.05) is 18.2 Å². The third kappa shape index (κ3) is 2.65. The average molecular weight is 351 g/mol. The van der Waals surface area contributed by atoms with Crippen molar-refractivity contribution in [2.24, 2.45) is 7.05 Å². The molecule has 0 saturated carbocycles. The molecule has 7 heteroatoms. The highest BCUT2D eigenvalue weighted by molar-refractivity contribution is 5.95. The average Bonchev–Trinajstić information content (AvgIpc) is 3.25. The second-order valence-electron chi connectivity index (χ2n) is 6.49. The number of rotatable bonds is 3. The number of hydrogen-bond acceptors (Lipinski definition) is 4. The molecule has 0 spiro atoms. The van der Waals surface area contributed by atoms with Crippen molar-refractivity contribution in [3.8, 4) is 5.75 Å². The Labute approximate surface area is 151 Å². The highest BCUT2D eigenvalue weighted by Gasteiger charge is 2.34. The molecule has 0 bridgehead atoms. The number of aryl methyl sites for hydroxylation is 2. The second kappa shape index (κ2) is 6.33. The third-order valence-corrected chi connectivity index (χ3v) is 4.86. The zero-order valence-electron chi connectivity index (χ0n) is 15.1. The first-order chi connectivity index (χ1) is 12.6. The Morgan fingerprint density at radius 2 is 2.12 bits per heavy atom. The van der Waals surface area contributed by atoms with Crippen LogP contribution in [0.3, 0.4) is 0 Å². The lowest BCUT2D eigenvalue weighted by Gasteiger charge is -2.37. The van der Waals surface area contributed by atoms with Gasteiger partial charge in [-0.25, -0.2) is 4.98 Å². The fourth-order valence-corrected chi connectivity index (χ4v) is 3.59. The molecule has 0 saturated heterocycles. The van der Waals surface area contributed by atoms with Gasteiger partial charge in [-0.2, -0.15) is 5.10 Å². The molecule has 0 aliphatic carbocycles. The van der Waals surface area contributed by atoms with Gasteiger partial charge in [-0.15, -0.1) is 0 Å². The molecule has 0 fully saturated rings. The first-order valence-electron chi connectivity index (χ1n) is 8.52. The van der Waals surface area contributed by atoms with Crippen LogP contribution in [0.1, 0.15) is 33.5 Å². The quantitative estimate of drug-likeness (QED) is 0.726. The SMILES string of the molecule is COc1ccccc1[C@H]1Cn2ccnc2CN1C(=O)c1cn(C)nc1C. The molecular formula is C19H21N5O2. The van der Waals surface area contributed by atoms with Crippen molar-refractivity contribution in [2.75, 3.05) is 7.11 Å². The van der Waals surface area contributed by atoms with E-state index in [9.17, 15) is 4.79 Å². The highest BCUT2D eigenvalue weighted by atomic mass is 16.5. The predicted octanol–water partition coefficient (Wildman–Crippen LogP) is 2.33. The zero-order valence-corrected chi connectivity index (χ0v) is 15.1. The summed E-state index contributed by atoms with van der Waals surface area (Å²) in [7, 11) is 3.48. The number of imidazole rings is 1. The number of carbonyl (C=O) groups is 1. The van der Waals surface area contributed by atoms with E-state index < -0.39 is 0 Å². The van der Waals surface area contributed by atoms with E-state index in [1.165, 1.54) is 0 Å². The predicted molar refractivity (Wildman–Crippen MR) is 95.8 cm³/mol. The molecule has 1 aromatic carbocycles. The van der Waals surface area contributed by atoms with E-state index >= 15 is 0 Å². The molecule has 2 aromatic heterocycles. The van der Waals surface area contributed by atoms with Gasteiger partial charge in [0, 0.05) is 37.7 Å². The monoisotopic (exact) mass is 351 g/mol. The lowest BCUT2D eigenvalue weighted by atomic mass is 10.0. The maximum Gasteiger partial charge on any atom is 0.258 e. The van der Waals surface area contributed by atoms with Crippen LogP contribution in [0.4, 0.5) is 0 Å². The van der Waals surface area contributed by atoms with Gasteiger partial charge in [0.25, 0.3) is 5.91 Å². The second-order valence-corrected chi connectivity index (χ2v) is 6.49. The Bertz CT molecular complexity index is 959. The number of nitrogens with zero attached hydrogens (tertiary/aromatic N) is 5. The summed E-state index contributed by atoms with van der Waals surface area (Å²) in [6, 6.07) is 7.71. The molecule has 1 amide bonds. The lowest BCUT2D eigenvalue weighted by Crippen LogP contribution is -2.41. The van der Waals surface area contributed by atoms with Crippen molar-refractivity contribution >= 4 is 5.91 Å². The number of carbonyl (C=O) groups excluding carboxylic acids is 1. The maximum absolute atomic E-state index is 13.3. The highest BCUT2D eigenvalue weighted by Crippen LogP contribution is 2.35. The first kappa shape index (κ1) is 16.4. The summed E-state index contributed by atoms with van der Waals surface area (Å²) in [4.78, 5) is 19.6. The van der Waals surface area contributed by atoms with E-state index in [4.69, 9.17) is 4.74 Å². The fourth-order valence-electron chi connectivity index (χ4n) is 3.59. The number of hydrogen-bond donors (Lipinski definition) is 0. The standard InChI is InChI=1S/C19H21N5O2/c1-13-15(10-22(2)21-13)19(25)24-12-18-20-8-9-23(18)11-16(24)14-6-4-5-7-17(14)26-3/h4-10,16H,11-12H2,1-3H3/t16-/m1/s1. The molecule has 3 heterocycles. The summed E-state index contributed by atoms with van der Waals surface area (Å²) in [6.07, 6.45) is 5.50. The van der Waals surface area contributed by atoms with Gasteiger partial charge in [0.05, 0.1) is 31.0 Å². The maximum atomic E-state index is 13.3. The van der Waals surface area contributed by atoms with Crippen molar-refractivity contribution < 1.29 is 9.53 Å². The van der Waals surface area contributed by atoms with E-state index in [0.717, 1.165) is 22.8 Å². The van der Waals surface area contributed by atoms with Gasteiger partial charge < -0.3 is 14.2 Å². The van der Waals surface area contributed by atoms with Gasteiger partial charge in [-0.3, -0.25) is 9.48 Å². The summed E-state index contributed by atoms with van der Waals surface area (Å²) in [5, 5.41) is 4.32. The summed E-state index contributed by atoms with van der Waals surface area (Å²) >= 11 is 0. The van der Waals surface area contributed by atoms with E-state index in [2.05, 4.69) is 14.6 Å². The number of aromatic nitrogens is 4. The Kier molecular flexibility index (Phi) is 3.99. The van der Waals surface area contributed by atoms with E-state index in [1.54, 1.807) is 24.2 Å². The molecule has 1 aliphatic heterocycles. The zero-order chi connectivity index (χ0) is 18.3. The summed E-state index contributed by atoms with van der Waals surface area (Å²) in [6.45, 7) is 2.94. The third-order valence-electron chi connectivity index (χ3n) is 4.86. The molecule has 3 aromatic rings. The van der Waals surface area contributed by atoms with Gasteiger partial charge in [-0.05, 0) is 13.0 Å². The van der Waals surface area contributed by atoms with Crippen molar-refractivity contribution in [1.82, 2.24) is 24.2 Å². The largest absolute Gasteiger partial charge is 0.496 e. The van der Waals surface area contributed by atoms with Gasteiger partial charge >= 0.3 is 0 Å². The van der Waals surface area contributed by atoms with Crippen LogP contribution in [0.5, 0.6) is 5.75 Å². The molecule has 7 nitrogen and oxygen atoms in total. The molecule has 0 radical (unpaired) electrons. The summed E-state index contributed by atoms with van der Waals surface area (Å²) < 4.78 is 9.32. The van der Waals surface area contributed by atoms with Crippen molar-refractivity contribution in [3.05, 3.63) is 65.5 Å². The number of benzene rings is 1. The number of amides is 1. The number of methoxy groups -OCH3 is 1. The molecule has 1 aliphatic rings. The lowest BCUT2D eigenvalue weighted by molar-refractivity contribution is 0.0580. The smallest absolute Gasteiger partial charge is 0.258 e. The first-order valence-corrected chi connectivity index (χ1v) is 8.52. The van der Waals surface area contributed by atoms with Crippen LogP contribution in [-0.4, -0.2) is 37.2 Å². The van der Waals surface area contributed by atoms with Gasteiger partial charge in [0.2, 0.25) is 0 Å². The molecule has 0 N–H and O–H groups in total. The molecular weight excluding hydrogens is 330 g/mol. The van der Waals surface area contributed by atoms with Crippen molar-refractivity contribution in [3.63, 3.8) is 0 Å². The van der Waals surface area contributed by atoms with Crippen LogP contribution in [0.2, 0.25) is 0 Å². The van der Waals surface area contributed by atoms with Crippen LogP contribution in [0.15, 0.2) is 42.9 Å². The van der Waals surface area contributed by atoms with Gasteiger partial charge in [0.15, 0.2) is 0 Å². The Morgan fingerprint density at radius 1 is 1.31 bits per heavy atom. The topological polar surface area (TPSA) is 65.2 Å². The van der Waals surface area contributed by atoms with Crippen LogP contribution < -0.4 is 4.74 Å². The minimum Gasteiger partial charge on any atom is -0.496 e. The van der Waals surface area contributed by atoms with Crippen LogP contribution in [-0.2, 0) is 20.1 Å². The minimum absolute atomic E-state index is 0.0410. The summed E-state index contributed by atoms with van der Waals surface area (Å²) in [5.74, 6) is 1.62. The van der Waals surface area contributed by atoms with Gasteiger partial charge in [0.1, 0.15) is 11.6 Å². The molecule has 0 unspecified atom stereocenters. The number of fused-ring (bicyclic) bond motifs is 1. The van der Waals surface area contributed by atoms with Crippen molar-refractivity contribution in [1.29, 1.82) is 0 Å². The fraction of sp³-hybridized carbons (Fsp3) is 0.316. The Hall–Kier alpha value is -3.09. The van der Waals surface area contributed by atoms with E-state index in [1.807, 2.05) is 49.3 Å². The number of ether oxygens (including phenoxy) is 1. The van der Waals surface area contributed by atoms with E-state index in [-0.39, 0.29) is 11.9 Å². The van der Waals surface area contributed by atoms with Crippen molar-refractivity contribution in [2.45, 2.75) is 26.1 Å². The Morgan fingerprint density at radius 3 is 2.85 bits per heavy atom. The molecule has 4 rings (SSSR count). The van der Waals surface area contributed by atoms with E-state index in [0.29, 0.717) is 18.7 Å². The molecule has 26 heavy (non-hydrogen) atoms. The normalized spacial score (nSPS) is 16.4. The van der Waals surface area contributed by atoms with Crippen LogP contribution >= 0.6 is 0 Å². The molecule has 1 atom stereocenters. The minimum atomic E-state index is -0.139. The van der Waals surface area contributed by atoms with Crippen LogP contribution in [0.25, 0.3) is 0 Å². The number of para-hydroxylation sites is 1. The molecule has 134 valence electrons.